The van der Waals surface area contributed by atoms with Crippen molar-refractivity contribution in [2.24, 2.45) is 5.73 Å². The number of aromatic nitrogens is 2. The van der Waals surface area contributed by atoms with Gasteiger partial charge in [-0.25, -0.2) is 13.8 Å². The fourth-order valence-electron chi connectivity index (χ4n) is 2.24. The Morgan fingerprint density at radius 1 is 1.20 bits per heavy atom. The minimum Gasteiger partial charge on any atom is -0.330 e. The van der Waals surface area contributed by atoms with Gasteiger partial charge in [0.1, 0.15) is 5.82 Å². The van der Waals surface area contributed by atoms with Crippen molar-refractivity contribution < 1.29 is 8.78 Å². The van der Waals surface area contributed by atoms with E-state index < -0.39 is 11.6 Å². The van der Waals surface area contributed by atoms with Crippen molar-refractivity contribution in [3.63, 3.8) is 0 Å². The van der Waals surface area contributed by atoms with E-state index in [1.165, 1.54) is 6.07 Å². The van der Waals surface area contributed by atoms with Crippen LogP contribution in [0.15, 0.2) is 12.1 Å². The lowest BCUT2D eigenvalue weighted by Crippen LogP contribution is -2.16. The molecule has 0 saturated carbocycles. The van der Waals surface area contributed by atoms with E-state index in [1.807, 2.05) is 23.6 Å². The van der Waals surface area contributed by atoms with E-state index in [-0.39, 0.29) is 0 Å². The van der Waals surface area contributed by atoms with Crippen LogP contribution in [0.1, 0.15) is 18.7 Å². The third kappa shape index (κ3) is 3.13. The van der Waals surface area contributed by atoms with Gasteiger partial charge in [0.25, 0.3) is 0 Å². The molecule has 0 atom stereocenters. The predicted octanol–water partition coefficient (Wildman–Crippen LogP) is 2.12. The zero-order valence-electron chi connectivity index (χ0n) is 11.9. The van der Waals surface area contributed by atoms with E-state index in [4.69, 9.17) is 5.73 Å². The van der Waals surface area contributed by atoms with Crippen LogP contribution >= 0.6 is 0 Å². The van der Waals surface area contributed by atoms with E-state index >= 15 is 0 Å². The van der Waals surface area contributed by atoms with Gasteiger partial charge >= 0.3 is 0 Å². The van der Waals surface area contributed by atoms with E-state index in [9.17, 15) is 8.78 Å². The second-order valence-electron chi connectivity index (χ2n) is 5.17. The van der Waals surface area contributed by atoms with Crippen LogP contribution in [0.3, 0.4) is 0 Å². The predicted molar refractivity (Wildman–Crippen MR) is 75.3 cm³/mol. The Balaban J connectivity index is 2.44. The van der Waals surface area contributed by atoms with E-state index in [0.29, 0.717) is 30.7 Å². The summed E-state index contributed by atoms with van der Waals surface area (Å²) in [7, 11) is 3.87. The molecule has 0 radical (unpaired) electrons. The van der Waals surface area contributed by atoms with Gasteiger partial charge in [-0.2, -0.15) is 0 Å². The van der Waals surface area contributed by atoms with Gasteiger partial charge in [-0.1, -0.05) is 0 Å². The zero-order valence-corrected chi connectivity index (χ0v) is 11.9. The Bertz CT molecular complexity index is 592. The normalized spacial score (nSPS) is 11.7. The Morgan fingerprint density at radius 2 is 1.90 bits per heavy atom. The van der Waals surface area contributed by atoms with Crippen molar-refractivity contribution in [2.45, 2.75) is 25.9 Å². The Kier molecular flexibility index (Phi) is 4.67. The van der Waals surface area contributed by atoms with Gasteiger partial charge in [-0.15, -0.1) is 0 Å². The van der Waals surface area contributed by atoms with Crippen molar-refractivity contribution in [3.05, 3.63) is 29.6 Å². The number of hydrogen-bond acceptors (Lipinski definition) is 3. The van der Waals surface area contributed by atoms with E-state index in [1.54, 1.807) is 0 Å². The van der Waals surface area contributed by atoms with Gasteiger partial charge in [0, 0.05) is 18.7 Å². The molecule has 0 fully saturated rings. The van der Waals surface area contributed by atoms with Crippen LogP contribution in [-0.4, -0.2) is 35.1 Å². The molecule has 2 N–H and O–H groups in total. The molecule has 110 valence electrons. The first-order valence-corrected chi connectivity index (χ1v) is 6.72. The Hall–Kier alpha value is -1.53. The molecule has 1 heterocycles. The van der Waals surface area contributed by atoms with Crippen LogP contribution in [0.5, 0.6) is 0 Å². The van der Waals surface area contributed by atoms with Crippen molar-refractivity contribution in [2.75, 3.05) is 20.6 Å². The first-order chi connectivity index (χ1) is 9.52. The van der Waals surface area contributed by atoms with Gasteiger partial charge in [-0.05, 0) is 33.5 Å². The molecule has 0 spiro atoms. The summed E-state index contributed by atoms with van der Waals surface area (Å²) >= 11 is 0. The second kappa shape index (κ2) is 6.28. The first kappa shape index (κ1) is 14.9. The number of hydrogen-bond donors (Lipinski definition) is 1. The molecule has 0 bridgehead atoms. The topological polar surface area (TPSA) is 47.1 Å². The number of halogens is 2. The monoisotopic (exact) mass is 282 g/mol. The molecular weight excluding hydrogens is 262 g/mol. The quantitative estimate of drug-likeness (QED) is 0.826. The molecule has 0 aliphatic carbocycles. The average molecular weight is 282 g/mol. The summed E-state index contributed by atoms with van der Waals surface area (Å²) in [6.45, 7) is 1.96. The van der Waals surface area contributed by atoms with Crippen LogP contribution in [-0.2, 0) is 13.1 Å². The van der Waals surface area contributed by atoms with E-state index in [2.05, 4.69) is 4.98 Å². The lowest BCUT2D eigenvalue weighted by Gasteiger charge is -2.12. The average Bonchev–Trinajstić information content (AvgIpc) is 2.67. The molecule has 0 amide bonds. The molecule has 2 rings (SSSR count). The molecule has 0 aliphatic heterocycles. The molecule has 2 aromatic rings. The summed E-state index contributed by atoms with van der Waals surface area (Å²) in [4.78, 5) is 6.40. The molecule has 0 saturated heterocycles. The minimum absolute atomic E-state index is 0.494. The van der Waals surface area contributed by atoms with Gasteiger partial charge < -0.3 is 15.2 Å². The lowest BCUT2D eigenvalue weighted by atomic mass is 10.2. The zero-order chi connectivity index (χ0) is 14.7. The highest BCUT2D eigenvalue weighted by atomic mass is 19.2. The molecule has 20 heavy (non-hydrogen) atoms. The third-order valence-electron chi connectivity index (χ3n) is 3.16. The lowest BCUT2D eigenvalue weighted by molar-refractivity contribution is 0.380. The van der Waals surface area contributed by atoms with Crippen LogP contribution in [0, 0.1) is 11.6 Å². The number of benzene rings is 1. The third-order valence-corrected chi connectivity index (χ3v) is 3.16. The standard InChI is InChI=1S/C14H20F2N4/c1-19(2)9-14-18-12-7-10(15)11(16)8-13(12)20(14)6-4-3-5-17/h7-8H,3-6,9,17H2,1-2H3. The molecule has 6 heteroatoms. The van der Waals surface area contributed by atoms with Crippen molar-refractivity contribution in [3.8, 4) is 0 Å². The molecule has 1 aromatic heterocycles. The summed E-state index contributed by atoms with van der Waals surface area (Å²) in [6.07, 6.45) is 1.78. The highest BCUT2D eigenvalue weighted by Gasteiger charge is 2.14. The molecule has 0 aliphatic rings. The Labute approximate surface area is 117 Å². The largest absolute Gasteiger partial charge is 0.330 e. The number of nitrogens with zero attached hydrogens (tertiary/aromatic N) is 3. The second-order valence-corrected chi connectivity index (χ2v) is 5.17. The van der Waals surface area contributed by atoms with Gasteiger partial charge in [-0.3, -0.25) is 0 Å². The highest BCUT2D eigenvalue weighted by Crippen LogP contribution is 2.21. The van der Waals surface area contributed by atoms with Crippen molar-refractivity contribution in [1.82, 2.24) is 14.5 Å². The molecular formula is C14H20F2N4. The number of unbranched alkanes of at least 4 members (excludes halogenated alkanes) is 1. The van der Waals surface area contributed by atoms with Crippen LogP contribution < -0.4 is 5.73 Å². The smallest absolute Gasteiger partial charge is 0.161 e. The maximum Gasteiger partial charge on any atom is 0.161 e. The fraction of sp³-hybridized carbons (Fsp3) is 0.500. The SMILES string of the molecule is CN(C)Cc1nc2cc(F)c(F)cc2n1CCCCN. The van der Waals surface area contributed by atoms with E-state index in [0.717, 1.165) is 24.7 Å². The molecule has 1 aromatic carbocycles. The van der Waals surface area contributed by atoms with Gasteiger partial charge in [0.15, 0.2) is 11.6 Å². The summed E-state index contributed by atoms with van der Waals surface area (Å²) in [6, 6.07) is 2.38. The van der Waals surface area contributed by atoms with Gasteiger partial charge in [0.05, 0.1) is 17.6 Å². The molecule has 0 unspecified atom stereocenters. The summed E-state index contributed by atoms with van der Waals surface area (Å²) in [5.74, 6) is -0.888. The Morgan fingerprint density at radius 3 is 2.55 bits per heavy atom. The number of aryl methyl sites for hydroxylation is 1. The van der Waals surface area contributed by atoms with Crippen LogP contribution in [0.2, 0.25) is 0 Å². The van der Waals surface area contributed by atoms with Crippen LogP contribution in [0.25, 0.3) is 11.0 Å². The summed E-state index contributed by atoms with van der Waals surface area (Å²) < 4.78 is 28.7. The number of imidazole rings is 1. The highest BCUT2D eigenvalue weighted by molar-refractivity contribution is 5.76. The number of fused-ring (bicyclic) bond motifs is 1. The maximum absolute atomic E-state index is 13.4. The fourth-order valence-corrected chi connectivity index (χ4v) is 2.24. The first-order valence-electron chi connectivity index (χ1n) is 6.72. The summed E-state index contributed by atoms with van der Waals surface area (Å²) in [5.41, 5.74) is 6.63. The minimum atomic E-state index is -0.861. The summed E-state index contributed by atoms with van der Waals surface area (Å²) in [5, 5.41) is 0. The van der Waals surface area contributed by atoms with Crippen molar-refractivity contribution >= 4 is 11.0 Å². The number of nitrogens with two attached hydrogens (primary N) is 1. The van der Waals surface area contributed by atoms with Crippen molar-refractivity contribution in [1.29, 1.82) is 0 Å². The van der Waals surface area contributed by atoms with Crippen LogP contribution in [0.4, 0.5) is 8.78 Å². The number of rotatable bonds is 6. The van der Waals surface area contributed by atoms with Gasteiger partial charge in [0.2, 0.25) is 0 Å². The maximum atomic E-state index is 13.4. The molecule has 4 nitrogen and oxygen atoms in total.